The van der Waals surface area contributed by atoms with Gasteiger partial charge in [-0.05, 0) is 12.0 Å². The van der Waals surface area contributed by atoms with Crippen LogP contribution in [0.5, 0.6) is 0 Å². The average molecular weight is 244 g/mol. The van der Waals surface area contributed by atoms with Gasteiger partial charge in [-0.15, -0.1) is 0 Å². The number of nitrogens with one attached hydrogen (secondary N) is 1. The Labute approximate surface area is 106 Å². The second kappa shape index (κ2) is 5.60. The zero-order chi connectivity index (χ0) is 13.0. The molecule has 0 aliphatic carbocycles. The lowest BCUT2D eigenvalue weighted by molar-refractivity contribution is 0.181. The highest BCUT2D eigenvalue weighted by molar-refractivity contribution is 5.55. The largest absolute Gasteiger partial charge is 0.378 e. The van der Waals surface area contributed by atoms with E-state index in [9.17, 15) is 4.79 Å². The molecular weight excluding hydrogens is 228 g/mol. The molecule has 2 rings (SSSR count). The van der Waals surface area contributed by atoms with Crippen molar-refractivity contribution >= 4 is 0 Å². The SMILES string of the molecule is CCc1ccc(-c2nc(COC)cc(=O)[nH]2)cc1. The third-order valence-corrected chi connectivity index (χ3v) is 2.72. The zero-order valence-electron chi connectivity index (χ0n) is 10.6. The molecular formula is C14H16N2O2. The van der Waals surface area contributed by atoms with Crippen molar-refractivity contribution in [3.05, 3.63) is 51.9 Å². The minimum absolute atomic E-state index is 0.161. The smallest absolute Gasteiger partial charge is 0.251 e. The Bertz CT molecular complexity index is 573. The summed E-state index contributed by atoms with van der Waals surface area (Å²) in [6.45, 7) is 2.44. The van der Waals surface area contributed by atoms with Crippen molar-refractivity contribution in [1.82, 2.24) is 9.97 Å². The first-order valence-corrected chi connectivity index (χ1v) is 5.91. The van der Waals surface area contributed by atoms with Gasteiger partial charge in [-0.25, -0.2) is 4.98 Å². The number of H-pyrrole nitrogens is 1. The van der Waals surface area contributed by atoms with Crippen molar-refractivity contribution in [2.24, 2.45) is 0 Å². The normalized spacial score (nSPS) is 10.6. The highest BCUT2D eigenvalue weighted by Crippen LogP contribution is 2.15. The molecule has 18 heavy (non-hydrogen) atoms. The molecule has 0 aliphatic heterocycles. The predicted octanol–water partition coefficient (Wildman–Crippen LogP) is 2.15. The van der Waals surface area contributed by atoms with Crippen LogP contribution in [-0.2, 0) is 17.8 Å². The van der Waals surface area contributed by atoms with Crippen molar-refractivity contribution in [3.8, 4) is 11.4 Å². The Hall–Kier alpha value is -1.94. The Morgan fingerprint density at radius 3 is 2.61 bits per heavy atom. The summed E-state index contributed by atoms with van der Waals surface area (Å²) in [4.78, 5) is 18.6. The second-order valence-electron chi connectivity index (χ2n) is 4.07. The first-order chi connectivity index (χ1) is 8.72. The molecule has 1 aromatic heterocycles. The molecule has 94 valence electrons. The number of nitrogens with zero attached hydrogens (tertiary/aromatic N) is 1. The number of aromatic nitrogens is 2. The molecule has 0 amide bonds. The van der Waals surface area contributed by atoms with Gasteiger partial charge in [-0.2, -0.15) is 0 Å². The summed E-state index contributed by atoms with van der Waals surface area (Å²) in [5, 5.41) is 0. The van der Waals surface area contributed by atoms with Gasteiger partial charge in [0.05, 0.1) is 12.3 Å². The van der Waals surface area contributed by atoms with E-state index < -0.39 is 0 Å². The molecule has 1 heterocycles. The minimum atomic E-state index is -0.161. The van der Waals surface area contributed by atoms with E-state index in [4.69, 9.17) is 4.74 Å². The van der Waals surface area contributed by atoms with Crippen LogP contribution in [0.1, 0.15) is 18.2 Å². The monoisotopic (exact) mass is 244 g/mol. The van der Waals surface area contributed by atoms with Crippen molar-refractivity contribution in [3.63, 3.8) is 0 Å². The highest BCUT2D eigenvalue weighted by Gasteiger charge is 2.04. The summed E-state index contributed by atoms with van der Waals surface area (Å²) >= 11 is 0. The van der Waals surface area contributed by atoms with Crippen LogP contribution < -0.4 is 5.56 Å². The maximum absolute atomic E-state index is 11.5. The van der Waals surface area contributed by atoms with Crippen molar-refractivity contribution in [2.75, 3.05) is 7.11 Å². The number of methoxy groups -OCH3 is 1. The first-order valence-electron chi connectivity index (χ1n) is 5.91. The zero-order valence-corrected chi connectivity index (χ0v) is 10.6. The summed E-state index contributed by atoms with van der Waals surface area (Å²) in [6.07, 6.45) is 0.994. The number of benzene rings is 1. The van der Waals surface area contributed by atoms with E-state index >= 15 is 0 Å². The van der Waals surface area contributed by atoms with Gasteiger partial charge < -0.3 is 9.72 Å². The summed E-state index contributed by atoms with van der Waals surface area (Å²) < 4.78 is 4.99. The third-order valence-electron chi connectivity index (χ3n) is 2.72. The van der Waals surface area contributed by atoms with E-state index in [-0.39, 0.29) is 5.56 Å². The Balaban J connectivity index is 2.39. The van der Waals surface area contributed by atoms with Gasteiger partial charge >= 0.3 is 0 Å². The molecule has 0 radical (unpaired) electrons. The van der Waals surface area contributed by atoms with Crippen LogP contribution in [0.15, 0.2) is 35.1 Å². The molecule has 4 heteroatoms. The molecule has 0 saturated heterocycles. The van der Waals surface area contributed by atoms with E-state index in [1.807, 2.05) is 24.3 Å². The van der Waals surface area contributed by atoms with Gasteiger partial charge in [-0.1, -0.05) is 31.2 Å². The lowest BCUT2D eigenvalue weighted by Crippen LogP contribution is -2.10. The van der Waals surface area contributed by atoms with Crippen molar-refractivity contribution < 1.29 is 4.74 Å². The van der Waals surface area contributed by atoms with Gasteiger partial charge in [-0.3, -0.25) is 4.79 Å². The number of aromatic amines is 1. The maximum atomic E-state index is 11.5. The molecule has 0 bridgehead atoms. The topological polar surface area (TPSA) is 55.0 Å². The number of ether oxygens (including phenoxy) is 1. The Kier molecular flexibility index (Phi) is 3.89. The van der Waals surface area contributed by atoms with Crippen LogP contribution in [-0.4, -0.2) is 17.1 Å². The Morgan fingerprint density at radius 1 is 1.28 bits per heavy atom. The standard InChI is InChI=1S/C14H16N2O2/c1-3-10-4-6-11(7-5-10)14-15-12(9-18-2)8-13(17)16-14/h4-8H,3,9H2,1-2H3,(H,15,16,17). The lowest BCUT2D eigenvalue weighted by Gasteiger charge is -2.04. The van der Waals surface area contributed by atoms with Gasteiger partial charge in [0, 0.05) is 18.7 Å². The summed E-state index contributed by atoms with van der Waals surface area (Å²) in [5.74, 6) is 0.581. The van der Waals surface area contributed by atoms with Crippen LogP contribution in [0, 0.1) is 0 Å². The average Bonchev–Trinajstić information content (AvgIpc) is 2.38. The van der Waals surface area contributed by atoms with Gasteiger partial charge in [0.15, 0.2) is 0 Å². The van der Waals surface area contributed by atoms with E-state index in [2.05, 4.69) is 16.9 Å². The first kappa shape index (κ1) is 12.5. The molecule has 0 aliphatic rings. The minimum Gasteiger partial charge on any atom is -0.378 e. The maximum Gasteiger partial charge on any atom is 0.251 e. The van der Waals surface area contributed by atoms with Gasteiger partial charge in [0.25, 0.3) is 5.56 Å². The van der Waals surface area contributed by atoms with E-state index in [0.717, 1.165) is 12.0 Å². The lowest BCUT2D eigenvalue weighted by atomic mass is 10.1. The van der Waals surface area contributed by atoms with Crippen LogP contribution in [0.3, 0.4) is 0 Å². The quantitative estimate of drug-likeness (QED) is 0.896. The molecule has 0 atom stereocenters. The molecule has 1 aromatic carbocycles. The molecule has 2 aromatic rings. The number of rotatable bonds is 4. The molecule has 0 fully saturated rings. The van der Waals surface area contributed by atoms with E-state index in [1.165, 1.54) is 11.6 Å². The number of aryl methyl sites for hydroxylation is 1. The molecule has 0 spiro atoms. The van der Waals surface area contributed by atoms with Crippen LogP contribution >= 0.6 is 0 Å². The van der Waals surface area contributed by atoms with Crippen LogP contribution in [0.2, 0.25) is 0 Å². The summed E-state index contributed by atoms with van der Waals surface area (Å²) in [7, 11) is 1.58. The van der Waals surface area contributed by atoms with Crippen LogP contribution in [0.25, 0.3) is 11.4 Å². The second-order valence-corrected chi connectivity index (χ2v) is 4.07. The fourth-order valence-corrected chi connectivity index (χ4v) is 1.76. The predicted molar refractivity (Wildman–Crippen MR) is 70.4 cm³/mol. The molecule has 0 saturated carbocycles. The summed E-state index contributed by atoms with van der Waals surface area (Å²) in [5.41, 5.74) is 2.64. The van der Waals surface area contributed by atoms with Gasteiger partial charge in [0.2, 0.25) is 0 Å². The molecule has 4 nitrogen and oxygen atoms in total. The fraction of sp³-hybridized carbons (Fsp3) is 0.286. The van der Waals surface area contributed by atoms with Crippen LogP contribution in [0.4, 0.5) is 0 Å². The Morgan fingerprint density at radius 2 is 2.00 bits per heavy atom. The molecule has 1 N–H and O–H groups in total. The van der Waals surface area contributed by atoms with E-state index in [1.54, 1.807) is 7.11 Å². The number of hydrogen-bond donors (Lipinski definition) is 1. The van der Waals surface area contributed by atoms with Crippen molar-refractivity contribution in [2.45, 2.75) is 20.0 Å². The highest BCUT2D eigenvalue weighted by atomic mass is 16.5. The van der Waals surface area contributed by atoms with Crippen molar-refractivity contribution in [1.29, 1.82) is 0 Å². The molecule has 0 unspecified atom stereocenters. The summed E-state index contributed by atoms with van der Waals surface area (Å²) in [6, 6.07) is 9.46. The van der Waals surface area contributed by atoms with Gasteiger partial charge in [0.1, 0.15) is 5.82 Å². The third kappa shape index (κ3) is 2.84. The number of hydrogen-bond acceptors (Lipinski definition) is 3. The van der Waals surface area contributed by atoms with E-state index in [0.29, 0.717) is 18.1 Å². The fourth-order valence-electron chi connectivity index (χ4n) is 1.76.